The van der Waals surface area contributed by atoms with Crippen molar-refractivity contribution in [3.63, 3.8) is 0 Å². The van der Waals surface area contributed by atoms with Gasteiger partial charge in [-0.1, -0.05) is 6.07 Å². The van der Waals surface area contributed by atoms with Crippen LogP contribution in [0.2, 0.25) is 0 Å². The number of nitrogens with two attached hydrogens (primary N) is 1. The highest BCUT2D eigenvalue weighted by Crippen LogP contribution is 2.20. The van der Waals surface area contributed by atoms with Crippen molar-refractivity contribution >= 4 is 6.09 Å². The van der Waals surface area contributed by atoms with Crippen molar-refractivity contribution in [2.24, 2.45) is 5.84 Å². The fraction of sp³-hybridized carbons (Fsp3) is 0.417. The van der Waals surface area contributed by atoms with Gasteiger partial charge in [0.25, 0.3) is 0 Å². The molecule has 0 radical (unpaired) electrons. The Morgan fingerprint density at radius 3 is 2.41 bits per heavy atom. The van der Waals surface area contributed by atoms with E-state index < -0.39 is 11.6 Å². The van der Waals surface area contributed by atoms with Gasteiger partial charge < -0.3 is 9.47 Å². The van der Waals surface area contributed by atoms with Crippen LogP contribution in [0.4, 0.5) is 4.79 Å². The summed E-state index contributed by atoms with van der Waals surface area (Å²) in [5.41, 5.74) is -0.490. The van der Waals surface area contributed by atoms with E-state index >= 15 is 0 Å². The summed E-state index contributed by atoms with van der Waals surface area (Å²) in [5, 5.41) is 1.05. The number of hydrogen-bond donors (Lipinski definition) is 1. The average molecular weight is 238 g/mol. The Morgan fingerprint density at radius 2 is 1.88 bits per heavy atom. The molecule has 0 unspecified atom stereocenters. The molecule has 5 nitrogen and oxygen atoms in total. The Morgan fingerprint density at radius 1 is 1.29 bits per heavy atom. The van der Waals surface area contributed by atoms with Gasteiger partial charge in [-0.25, -0.2) is 15.6 Å². The van der Waals surface area contributed by atoms with Gasteiger partial charge in [0.05, 0.1) is 12.6 Å². The van der Waals surface area contributed by atoms with E-state index in [1.165, 1.54) is 0 Å². The molecular weight excluding hydrogens is 220 g/mol. The molecule has 0 aliphatic carbocycles. The highest BCUT2D eigenvalue weighted by atomic mass is 16.6. The van der Waals surface area contributed by atoms with Crippen molar-refractivity contribution in [1.29, 1.82) is 0 Å². The molecule has 5 heteroatoms. The van der Waals surface area contributed by atoms with Gasteiger partial charge in [-0.3, -0.25) is 0 Å². The molecule has 2 N–H and O–H groups in total. The average Bonchev–Trinajstić information content (AvgIpc) is 2.27. The lowest BCUT2D eigenvalue weighted by molar-refractivity contribution is 0.107. The van der Waals surface area contributed by atoms with Crippen molar-refractivity contribution in [2.75, 3.05) is 7.11 Å². The third kappa shape index (κ3) is 3.64. The summed E-state index contributed by atoms with van der Waals surface area (Å²) < 4.78 is 10.2. The van der Waals surface area contributed by atoms with Crippen molar-refractivity contribution in [3.05, 3.63) is 24.3 Å². The van der Waals surface area contributed by atoms with E-state index in [0.717, 1.165) is 5.01 Å². The van der Waals surface area contributed by atoms with Crippen LogP contribution in [0.5, 0.6) is 11.5 Å². The summed E-state index contributed by atoms with van der Waals surface area (Å²) in [6, 6.07) is 6.78. The van der Waals surface area contributed by atoms with Gasteiger partial charge in [0.1, 0.15) is 11.5 Å². The minimum Gasteiger partial charge on any atom is -0.497 e. The van der Waals surface area contributed by atoms with Crippen LogP contribution >= 0.6 is 0 Å². The number of amides is 1. The van der Waals surface area contributed by atoms with E-state index in [0.29, 0.717) is 11.5 Å². The highest BCUT2D eigenvalue weighted by molar-refractivity contribution is 5.70. The van der Waals surface area contributed by atoms with Crippen LogP contribution in [0.3, 0.4) is 0 Å². The van der Waals surface area contributed by atoms with E-state index in [1.54, 1.807) is 31.4 Å². The van der Waals surface area contributed by atoms with Gasteiger partial charge in [0, 0.05) is 6.07 Å². The number of ether oxygens (including phenoxy) is 2. The van der Waals surface area contributed by atoms with E-state index in [-0.39, 0.29) is 0 Å². The van der Waals surface area contributed by atoms with E-state index in [9.17, 15) is 4.79 Å². The zero-order valence-electron chi connectivity index (χ0n) is 10.6. The molecule has 0 aliphatic rings. The molecule has 0 spiro atoms. The lowest BCUT2D eigenvalue weighted by Crippen LogP contribution is -2.51. The third-order valence-electron chi connectivity index (χ3n) is 2.17. The van der Waals surface area contributed by atoms with Gasteiger partial charge in [-0.15, -0.1) is 0 Å². The van der Waals surface area contributed by atoms with Crippen LogP contribution in [0, 0.1) is 0 Å². The molecule has 0 aliphatic heterocycles. The molecule has 17 heavy (non-hydrogen) atoms. The molecule has 0 fully saturated rings. The SMILES string of the molecule is COc1cccc(OC(=O)N(N)C(C)(C)C)c1. The van der Waals surface area contributed by atoms with E-state index in [4.69, 9.17) is 15.3 Å². The van der Waals surface area contributed by atoms with E-state index in [2.05, 4.69) is 0 Å². The molecule has 1 aromatic carbocycles. The standard InChI is InChI=1S/C12H18N2O3/c1-12(2,3)14(13)11(15)17-10-7-5-6-9(8-10)16-4/h5-8H,13H2,1-4H3. The normalized spacial score (nSPS) is 10.9. The topological polar surface area (TPSA) is 64.8 Å². The van der Waals surface area contributed by atoms with Crippen molar-refractivity contribution < 1.29 is 14.3 Å². The molecule has 0 saturated heterocycles. The first-order valence-corrected chi connectivity index (χ1v) is 5.25. The Bertz CT molecular complexity index is 399. The van der Waals surface area contributed by atoms with Crippen molar-refractivity contribution in [2.45, 2.75) is 26.3 Å². The third-order valence-corrected chi connectivity index (χ3v) is 2.17. The van der Waals surface area contributed by atoms with Gasteiger partial charge >= 0.3 is 6.09 Å². The maximum Gasteiger partial charge on any atom is 0.430 e. The zero-order valence-corrected chi connectivity index (χ0v) is 10.6. The summed E-state index contributed by atoms with van der Waals surface area (Å²) in [6.07, 6.45) is -0.606. The summed E-state index contributed by atoms with van der Waals surface area (Å²) in [5.74, 6) is 6.66. The quantitative estimate of drug-likeness (QED) is 0.487. The molecule has 94 valence electrons. The van der Waals surface area contributed by atoms with Crippen LogP contribution in [0.15, 0.2) is 24.3 Å². The molecule has 0 bridgehead atoms. The molecule has 1 aromatic rings. The second-order valence-corrected chi connectivity index (χ2v) is 4.59. The number of rotatable bonds is 2. The van der Waals surface area contributed by atoms with Gasteiger partial charge in [-0.05, 0) is 32.9 Å². The number of methoxy groups -OCH3 is 1. The Labute approximate surface area is 101 Å². The molecule has 1 rings (SSSR count). The monoisotopic (exact) mass is 238 g/mol. The Kier molecular flexibility index (Phi) is 3.96. The second kappa shape index (κ2) is 5.05. The first-order chi connectivity index (χ1) is 7.84. The molecule has 0 atom stereocenters. The highest BCUT2D eigenvalue weighted by Gasteiger charge is 2.25. The lowest BCUT2D eigenvalue weighted by Gasteiger charge is -2.29. The Hall–Kier alpha value is -1.75. The van der Waals surface area contributed by atoms with Crippen molar-refractivity contribution in [1.82, 2.24) is 5.01 Å². The maximum atomic E-state index is 11.7. The summed E-state index contributed by atoms with van der Waals surface area (Å²) in [6.45, 7) is 5.46. The molecule has 0 aromatic heterocycles. The summed E-state index contributed by atoms with van der Waals surface area (Å²) in [7, 11) is 1.55. The van der Waals surface area contributed by atoms with Crippen molar-refractivity contribution in [3.8, 4) is 11.5 Å². The number of nitrogens with zero attached hydrogens (tertiary/aromatic N) is 1. The zero-order chi connectivity index (χ0) is 13.1. The number of hydrogen-bond acceptors (Lipinski definition) is 4. The number of benzene rings is 1. The first kappa shape index (κ1) is 13.3. The number of carbonyl (C=O) groups excluding carboxylic acids is 1. The summed E-state index contributed by atoms with van der Waals surface area (Å²) >= 11 is 0. The number of carbonyl (C=O) groups is 1. The van der Waals surface area contributed by atoms with Crippen LogP contribution in [-0.4, -0.2) is 23.8 Å². The summed E-state index contributed by atoms with van der Waals surface area (Å²) in [4.78, 5) is 11.7. The lowest BCUT2D eigenvalue weighted by atomic mass is 10.1. The Balaban J connectivity index is 2.74. The van der Waals surface area contributed by atoms with Crippen LogP contribution < -0.4 is 15.3 Å². The first-order valence-electron chi connectivity index (χ1n) is 5.25. The fourth-order valence-corrected chi connectivity index (χ4v) is 1.09. The van der Waals surface area contributed by atoms with Gasteiger partial charge in [0.2, 0.25) is 0 Å². The smallest absolute Gasteiger partial charge is 0.430 e. The van der Waals surface area contributed by atoms with Crippen LogP contribution in [-0.2, 0) is 0 Å². The van der Waals surface area contributed by atoms with Gasteiger partial charge in [0.15, 0.2) is 0 Å². The largest absolute Gasteiger partial charge is 0.497 e. The van der Waals surface area contributed by atoms with Crippen LogP contribution in [0.1, 0.15) is 20.8 Å². The van der Waals surface area contributed by atoms with Gasteiger partial charge in [-0.2, -0.15) is 0 Å². The predicted octanol–water partition coefficient (Wildman–Crippen LogP) is 2.17. The molecule has 0 saturated carbocycles. The van der Waals surface area contributed by atoms with E-state index in [1.807, 2.05) is 20.8 Å². The minimum absolute atomic E-state index is 0.397. The minimum atomic E-state index is -0.606. The number of hydrazine groups is 1. The second-order valence-electron chi connectivity index (χ2n) is 4.59. The molecule has 0 heterocycles. The maximum absolute atomic E-state index is 11.7. The predicted molar refractivity (Wildman–Crippen MR) is 64.8 cm³/mol. The molecule has 1 amide bonds. The fourth-order valence-electron chi connectivity index (χ4n) is 1.09. The van der Waals surface area contributed by atoms with Crippen LogP contribution in [0.25, 0.3) is 0 Å². The molecular formula is C12H18N2O3.